The quantitative estimate of drug-likeness (QED) is 0.405. The lowest BCUT2D eigenvalue weighted by atomic mass is 9.93. The van der Waals surface area contributed by atoms with Crippen LogP contribution < -0.4 is 16.2 Å². The topological polar surface area (TPSA) is 115 Å². The van der Waals surface area contributed by atoms with Crippen molar-refractivity contribution in [1.82, 2.24) is 15.2 Å². The van der Waals surface area contributed by atoms with E-state index >= 15 is 0 Å². The maximum Gasteiger partial charge on any atom is 0.267 e. The van der Waals surface area contributed by atoms with Crippen LogP contribution in [0, 0.1) is 5.82 Å². The number of aromatic amines is 1. The van der Waals surface area contributed by atoms with Gasteiger partial charge in [0.1, 0.15) is 11.5 Å². The Balaban J connectivity index is 1.31. The van der Waals surface area contributed by atoms with Crippen molar-refractivity contribution >= 4 is 39.9 Å². The monoisotopic (exact) mass is 512 g/mol. The molecule has 3 aromatic rings. The largest absolute Gasteiger partial charge is 0.388 e. The number of hydrogen-bond donors (Lipinski definition) is 4. The number of nitrogens with zero attached hydrogens (tertiary/aromatic N) is 1. The van der Waals surface area contributed by atoms with E-state index in [-0.39, 0.29) is 41.8 Å². The molecule has 2 heterocycles. The van der Waals surface area contributed by atoms with E-state index in [0.717, 1.165) is 17.2 Å². The smallest absolute Gasteiger partial charge is 0.267 e. The third kappa shape index (κ3) is 4.81. The molecule has 1 aliphatic heterocycles. The van der Waals surface area contributed by atoms with Crippen LogP contribution in [0.2, 0.25) is 5.02 Å². The van der Waals surface area contributed by atoms with E-state index in [4.69, 9.17) is 11.6 Å². The number of fused-ring (bicyclic) bond motifs is 2. The van der Waals surface area contributed by atoms with E-state index in [9.17, 15) is 23.9 Å². The SMILES string of the molecule is C[C@H]1c2ccc(Cl)cc2CCN1C(=O)CNc1cc2cc(C(=O)NCC3(O)CC3)[nH]c(=O)c2cc1F. The Bertz CT molecular complexity index is 1440. The highest BCUT2D eigenvalue weighted by Crippen LogP contribution is 2.34. The molecule has 0 radical (unpaired) electrons. The van der Waals surface area contributed by atoms with Crippen molar-refractivity contribution in [3.8, 4) is 0 Å². The molecule has 36 heavy (non-hydrogen) atoms. The van der Waals surface area contributed by atoms with Crippen molar-refractivity contribution in [2.24, 2.45) is 0 Å². The minimum absolute atomic E-state index is 0.00583. The van der Waals surface area contributed by atoms with Gasteiger partial charge in [0.15, 0.2) is 0 Å². The maximum absolute atomic E-state index is 14.8. The number of anilines is 1. The van der Waals surface area contributed by atoms with Gasteiger partial charge in [-0.15, -0.1) is 0 Å². The molecule has 2 aliphatic rings. The second-order valence-corrected chi connectivity index (χ2v) is 9.98. The fourth-order valence-electron chi connectivity index (χ4n) is 4.62. The summed E-state index contributed by atoms with van der Waals surface area (Å²) in [5.74, 6) is -1.41. The number of nitrogens with one attached hydrogen (secondary N) is 3. The average molecular weight is 513 g/mol. The number of hydrogen-bond acceptors (Lipinski definition) is 5. The Labute approximate surface area is 211 Å². The fourth-order valence-corrected chi connectivity index (χ4v) is 4.81. The molecule has 1 aromatic heterocycles. The first-order valence-corrected chi connectivity index (χ1v) is 12.2. The minimum Gasteiger partial charge on any atom is -0.388 e. The Hall–Kier alpha value is -3.43. The molecule has 0 unspecified atom stereocenters. The molecule has 188 valence electrons. The van der Waals surface area contributed by atoms with Crippen molar-refractivity contribution in [2.75, 3.05) is 25.0 Å². The van der Waals surface area contributed by atoms with E-state index in [1.165, 1.54) is 12.1 Å². The molecule has 0 saturated heterocycles. The van der Waals surface area contributed by atoms with Gasteiger partial charge >= 0.3 is 0 Å². The van der Waals surface area contributed by atoms with Crippen molar-refractivity contribution in [3.05, 3.63) is 74.4 Å². The summed E-state index contributed by atoms with van der Waals surface area (Å²) in [7, 11) is 0. The zero-order valence-corrected chi connectivity index (χ0v) is 20.4. The first kappa shape index (κ1) is 24.3. The second-order valence-electron chi connectivity index (χ2n) is 9.55. The number of pyridine rings is 1. The molecule has 2 aromatic carbocycles. The first-order chi connectivity index (χ1) is 17.1. The fraction of sp³-hybridized carbons (Fsp3) is 0.346. The molecule has 1 fully saturated rings. The van der Waals surface area contributed by atoms with Crippen LogP contribution in [0.1, 0.15) is 47.4 Å². The van der Waals surface area contributed by atoms with Crippen molar-refractivity contribution in [2.45, 2.75) is 37.8 Å². The van der Waals surface area contributed by atoms with Gasteiger partial charge in [-0.2, -0.15) is 0 Å². The second kappa shape index (κ2) is 9.22. The van der Waals surface area contributed by atoms with Gasteiger partial charge in [0.25, 0.3) is 11.5 Å². The van der Waals surface area contributed by atoms with Crippen LogP contribution in [0.25, 0.3) is 10.8 Å². The standard InChI is InChI=1S/C26H26ClFN4O4/c1-14-18-3-2-17(27)8-15(18)4-7-32(14)23(33)12-29-21-9-16-10-22(25(35)30-13-26(36)5-6-26)31-24(34)19(16)11-20(21)28/h2-3,8-11,14,29,36H,4-7,12-13H2,1H3,(H,30,35)(H,31,34)/t14-/m0/s1. The molecule has 1 saturated carbocycles. The highest BCUT2D eigenvalue weighted by Gasteiger charge is 2.40. The summed E-state index contributed by atoms with van der Waals surface area (Å²) in [5.41, 5.74) is 0.729. The molecule has 0 spiro atoms. The summed E-state index contributed by atoms with van der Waals surface area (Å²) in [6.45, 7) is 2.43. The summed E-state index contributed by atoms with van der Waals surface area (Å²) in [4.78, 5) is 42.1. The molecule has 1 aliphatic carbocycles. The van der Waals surface area contributed by atoms with Crippen LogP contribution in [0.3, 0.4) is 0 Å². The van der Waals surface area contributed by atoms with E-state index in [0.29, 0.717) is 36.2 Å². The lowest BCUT2D eigenvalue weighted by molar-refractivity contribution is -0.131. The highest BCUT2D eigenvalue weighted by atomic mass is 35.5. The number of rotatable bonds is 6. The number of aliphatic hydroxyl groups is 1. The van der Waals surface area contributed by atoms with E-state index < -0.39 is 22.9 Å². The molecule has 4 N–H and O–H groups in total. The van der Waals surface area contributed by atoms with Gasteiger partial charge < -0.3 is 25.6 Å². The Morgan fingerprint density at radius 3 is 2.78 bits per heavy atom. The minimum atomic E-state index is -0.874. The Kier molecular flexibility index (Phi) is 6.22. The van der Waals surface area contributed by atoms with E-state index in [1.807, 2.05) is 19.1 Å². The Morgan fingerprint density at radius 1 is 1.25 bits per heavy atom. The first-order valence-electron chi connectivity index (χ1n) is 11.8. The van der Waals surface area contributed by atoms with Crippen LogP contribution in [-0.2, 0) is 11.2 Å². The van der Waals surface area contributed by atoms with Gasteiger partial charge in [0.05, 0.1) is 29.3 Å². The number of amides is 2. The number of aromatic nitrogens is 1. The highest BCUT2D eigenvalue weighted by molar-refractivity contribution is 6.30. The summed E-state index contributed by atoms with van der Waals surface area (Å²) in [6, 6.07) is 9.45. The lowest BCUT2D eigenvalue weighted by Gasteiger charge is -2.35. The summed E-state index contributed by atoms with van der Waals surface area (Å²) in [6.07, 6.45) is 1.92. The molecule has 2 amide bonds. The molecule has 0 bridgehead atoms. The number of H-pyrrole nitrogens is 1. The number of benzene rings is 2. The summed E-state index contributed by atoms with van der Waals surface area (Å²) in [5, 5.41) is 16.5. The van der Waals surface area contributed by atoms with Crippen LogP contribution in [0.4, 0.5) is 10.1 Å². The summed E-state index contributed by atoms with van der Waals surface area (Å²) >= 11 is 6.09. The zero-order valence-electron chi connectivity index (χ0n) is 19.7. The van der Waals surface area contributed by atoms with Crippen molar-refractivity contribution < 1.29 is 19.1 Å². The predicted molar refractivity (Wildman–Crippen MR) is 135 cm³/mol. The van der Waals surface area contributed by atoms with Crippen molar-refractivity contribution in [1.29, 1.82) is 0 Å². The lowest BCUT2D eigenvalue weighted by Crippen LogP contribution is -2.41. The zero-order chi connectivity index (χ0) is 25.6. The van der Waals surface area contributed by atoms with E-state index in [1.54, 1.807) is 11.0 Å². The third-order valence-corrected chi connectivity index (χ3v) is 7.21. The Morgan fingerprint density at radius 2 is 2.03 bits per heavy atom. The van der Waals surface area contributed by atoms with E-state index in [2.05, 4.69) is 15.6 Å². The van der Waals surface area contributed by atoms with Crippen LogP contribution in [0.15, 0.2) is 41.2 Å². The third-order valence-electron chi connectivity index (χ3n) is 6.98. The van der Waals surface area contributed by atoms with Gasteiger partial charge in [0.2, 0.25) is 5.91 Å². The summed E-state index contributed by atoms with van der Waals surface area (Å²) < 4.78 is 14.8. The van der Waals surface area contributed by atoms with Crippen LogP contribution in [0.5, 0.6) is 0 Å². The average Bonchev–Trinajstić information content (AvgIpc) is 3.58. The predicted octanol–water partition coefficient (Wildman–Crippen LogP) is 3.13. The molecular formula is C26H26ClFN4O4. The van der Waals surface area contributed by atoms with Gasteiger partial charge in [-0.1, -0.05) is 17.7 Å². The van der Waals surface area contributed by atoms with Crippen molar-refractivity contribution in [3.63, 3.8) is 0 Å². The molecule has 1 atom stereocenters. The van der Waals surface area contributed by atoms with Crippen LogP contribution >= 0.6 is 11.6 Å². The van der Waals surface area contributed by atoms with Crippen LogP contribution in [-0.4, -0.2) is 52.0 Å². The number of carbonyl (C=O) groups is 2. The van der Waals surface area contributed by atoms with Gasteiger partial charge in [-0.3, -0.25) is 14.4 Å². The number of carbonyl (C=O) groups excluding carboxylic acids is 2. The normalized spacial score (nSPS) is 18.0. The van der Waals surface area contributed by atoms with Gasteiger partial charge in [-0.05, 0) is 73.0 Å². The molecule has 8 nitrogen and oxygen atoms in total. The molecular weight excluding hydrogens is 487 g/mol. The number of halogens is 2. The van der Waals surface area contributed by atoms with Gasteiger partial charge in [-0.25, -0.2) is 4.39 Å². The molecule has 5 rings (SSSR count). The maximum atomic E-state index is 14.8. The van der Waals surface area contributed by atoms with Gasteiger partial charge in [0, 0.05) is 18.1 Å². The molecule has 10 heteroatoms.